The molecule has 4 heteroatoms. The second-order valence-corrected chi connectivity index (χ2v) is 3.46. The molecule has 0 heterocycles. The number of benzene rings is 1. The first-order valence-corrected chi connectivity index (χ1v) is 4.57. The highest BCUT2D eigenvalue weighted by molar-refractivity contribution is 6.31. The predicted octanol–water partition coefficient (Wildman–Crippen LogP) is 1.75. The minimum absolute atomic E-state index is 0.0302. The van der Waals surface area contributed by atoms with Crippen LogP contribution in [0.1, 0.15) is 23.4 Å². The summed E-state index contributed by atoms with van der Waals surface area (Å²) in [5.74, 6) is -0.269. The summed E-state index contributed by atoms with van der Waals surface area (Å²) in [6, 6.07) is 4.51. The average Bonchev–Trinajstić information content (AvgIpc) is 2.17. The molecule has 2 N–H and O–H groups in total. The second-order valence-electron chi connectivity index (χ2n) is 3.02. The summed E-state index contributed by atoms with van der Waals surface area (Å²) in [7, 11) is 0. The zero-order valence-corrected chi connectivity index (χ0v) is 8.45. The van der Waals surface area contributed by atoms with E-state index in [-0.39, 0.29) is 18.1 Å². The fraction of sp³-hybridized carbons (Fsp3) is 0.300. The Balaban J connectivity index is 3.11. The molecule has 1 unspecified atom stereocenters. The van der Waals surface area contributed by atoms with Crippen molar-refractivity contribution >= 4 is 17.4 Å². The van der Waals surface area contributed by atoms with Crippen molar-refractivity contribution in [3.05, 3.63) is 29.3 Å². The Morgan fingerprint density at radius 1 is 1.57 bits per heavy atom. The summed E-state index contributed by atoms with van der Waals surface area (Å²) in [5.41, 5.74) is 0.954. The molecular formula is C10H11ClO3. The topological polar surface area (TPSA) is 57.5 Å². The van der Waals surface area contributed by atoms with Crippen molar-refractivity contribution in [1.29, 1.82) is 0 Å². The number of aromatic hydroxyl groups is 1. The molecule has 1 atom stereocenters. The van der Waals surface area contributed by atoms with Crippen molar-refractivity contribution in [1.82, 2.24) is 0 Å². The number of aliphatic hydroxyl groups excluding tert-OH is 1. The third kappa shape index (κ3) is 2.25. The summed E-state index contributed by atoms with van der Waals surface area (Å²) in [6.45, 7) is 1.21. The van der Waals surface area contributed by atoms with Crippen LogP contribution in [0.15, 0.2) is 18.2 Å². The van der Waals surface area contributed by atoms with Gasteiger partial charge < -0.3 is 10.2 Å². The summed E-state index contributed by atoms with van der Waals surface area (Å²) in [6.07, 6.45) is 0. The van der Waals surface area contributed by atoms with Gasteiger partial charge in [-0.3, -0.25) is 4.79 Å². The highest BCUT2D eigenvalue weighted by Gasteiger charge is 2.17. The SMILES string of the molecule is CC(=O)C(Cl)c1cc(CO)ccc1O. The van der Waals surface area contributed by atoms with Gasteiger partial charge in [0.15, 0.2) is 5.78 Å². The lowest BCUT2D eigenvalue weighted by Gasteiger charge is -2.09. The van der Waals surface area contributed by atoms with Gasteiger partial charge in [-0.1, -0.05) is 6.07 Å². The van der Waals surface area contributed by atoms with Crippen LogP contribution in [0.25, 0.3) is 0 Å². The van der Waals surface area contributed by atoms with E-state index in [0.717, 1.165) is 0 Å². The molecule has 1 aromatic rings. The van der Waals surface area contributed by atoms with Gasteiger partial charge in [0.2, 0.25) is 0 Å². The van der Waals surface area contributed by atoms with Gasteiger partial charge in [-0.25, -0.2) is 0 Å². The van der Waals surface area contributed by atoms with Crippen molar-refractivity contribution in [2.45, 2.75) is 18.9 Å². The molecule has 0 amide bonds. The molecule has 0 aliphatic heterocycles. The molecule has 0 radical (unpaired) electrons. The summed E-state index contributed by atoms with van der Waals surface area (Å²) in [4.78, 5) is 11.0. The van der Waals surface area contributed by atoms with Crippen molar-refractivity contribution in [3.63, 3.8) is 0 Å². The molecule has 0 aromatic heterocycles. The van der Waals surface area contributed by atoms with Gasteiger partial charge in [0.25, 0.3) is 0 Å². The van der Waals surface area contributed by atoms with E-state index in [4.69, 9.17) is 16.7 Å². The number of alkyl halides is 1. The highest BCUT2D eigenvalue weighted by Crippen LogP contribution is 2.30. The molecule has 0 aliphatic rings. The van der Waals surface area contributed by atoms with Crippen LogP contribution < -0.4 is 0 Å². The van der Waals surface area contributed by atoms with E-state index in [2.05, 4.69) is 0 Å². The monoisotopic (exact) mass is 214 g/mol. The van der Waals surface area contributed by atoms with Crippen LogP contribution in [0.3, 0.4) is 0 Å². The molecule has 1 rings (SSSR count). The van der Waals surface area contributed by atoms with E-state index in [9.17, 15) is 9.90 Å². The number of Topliss-reactive ketones (excluding diaryl/α,β-unsaturated/α-hetero) is 1. The zero-order valence-electron chi connectivity index (χ0n) is 7.70. The number of phenolic OH excluding ortho intramolecular Hbond substituents is 1. The van der Waals surface area contributed by atoms with E-state index in [0.29, 0.717) is 11.1 Å². The van der Waals surface area contributed by atoms with Crippen LogP contribution in [0.5, 0.6) is 5.75 Å². The van der Waals surface area contributed by atoms with Gasteiger partial charge >= 0.3 is 0 Å². The van der Waals surface area contributed by atoms with E-state index in [1.54, 1.807) is 6.07 Å². The Hall–Kier alpha value is -1.06. The number of aliphatic hydroxyl groups is 1. The van der Waals surface area contributed by atoms with E-state index in [1.165, 1.54) is 19.1 Å². The molecule has 0 bridgehead atoms. The lowest BCUT2D eigenvalue weighted by molar-refractivity contribution is -0.116. The molecule has 0 saturated carbocycles. The first-order valence-electron chi connectivity index (χ1n) is 4.13. The van der Waals surface area contributed by atoms with Crippen LogP contribution >= 0.6 is 11.6 Å². The fourth-order valence-corrected chi connectivity index (χ4v) is 1.30. The molecule has 76 valence electrons. The third-order valence-electron chi connectivity index (χ3n) is 1.90. The molecule has 3 nitrogen and oxygen atoms in total. The largest absolute Gasteiger partial charge is 0.508 e. The minimum Gasteiger partial charge on any atom is -0.508 e. The molecule has 0 spiro atoms. The van der Waals surface area contributed by atoms with E-state index in [1.807, 2.05) is 0 Å². The lowest BCUT2D eigenvalue weighted by atomic mass is 10.0. The average molecular weight is 215 g/mol. The molecule has 1 aromatic carbocycles. The Bertz CT molecular complexity index is 349. The second kappa shape index (κ2) is 4.44. The number of phenols is 1. The summed E-state index contributed by atoms with van der Waals surface area (Å²) >= 11 is 5.78. The number of hydrogen-bond acceptors (Lipinski definition) is 3. The normalized spacial score (nSPS) is 12.5. The fourth-order valence-electron chi connectivity index (χ4n) is 1.12. The zero-order chi connectivity index (χ0) is 10.7. The number of halogens is 1. The van der Waals surface area contributed by atoms with E-state index >= 15 is 0 Å². The van der Waals surface area contributed by atoms with Crippen LogP contribution in [0.4, 0.5) is 0 Å². The molecule has 0 aliphatic carbocycles. The Labute approximate surface area is 86.9 Å². The van der Waals surface area contributed by atoms with Gasteiger partial charge in [0, 0.05) is 5.56 Å². The van der Waals surface area contributed by atoms with Crippen LogP contribution in [0, 0.1) is 0 Å². The maximum atomic E-state index is 11.0. The van der Waals surface area contributed by atoms with Gasteiger partial charge in [-0.2, -0.15) is 0 Å². The lowest BCUT2D eigenvalue weighted by Crippen LogP contribution is -2.02. The number of rotatable bonds is 3. The summed E-state index contributed by atoms with van der Waals surface area (Å²) in [5, 5.41) is 17.4. The molecule has 0 fully saturated rings. The van der Waals surface area contributed by atoms with Crippen LogP contribution in [0.2, 0.25) is 0 Å². The van der Waals surface area contributed by atoms with Crippen molar-refractivity contribution < 1.29 is 15.0 Å². The van der Waals surface area contributed by atoms with Gasteiger partial charge in [-0.05, 0) is 24.6 Å². The van der Waals surface area contributed by atoms with Gasteiger partial charge in [0.05, 0.1) is 6.61 Å². The number of carbonyl (C=O) groups is 1. The molecule has 14 heavy (non-hydrogen) atoms. The Kier molecular flexibility index (Phi) is 3.49. The predicted molar refractivity (Wildman–Crippen MR) is 53.3 cm³/mol. The van der Waals surface area contributed by atoms with Gasteiger partial charge in [-0.15, -0.1) is 11.6 Å². The quantitative estimate of drug-likeness (QED) is 0.754. The highest BCUT2D eigenvalue weighted by atomic mass is 35.5. The number of carbonyl (C=O) groups excluding carboxylic acids is 1. The molecule has 0 saturated heterocycles. The first kappa shape index (κ1) is 11.0. The summed E-state index contributed by atoms with van der Waals surface area (Å²) < 4.78 is 0. The van der Waals surface area contributed by atoms with Crippen molar-refractivity contribution in [3.8, 4) is 5.75 Å². The van der Waals surface area contributed by atoms with Crippen LogP contribution in [-0.4, -0.2) is 16.0 Å². The maximum absolute atomic E-state index is 11.0. The third-order valence-corrected chi connectivity index (χ3v) is 2.45. The standard InChI is InChI=1S/C10H11ClO3/c1-6(13)10(11)8-4-7(5-12)2-3-9(8)14/h2-4,10,12,14H,5H2,1H3. The minimum atomic E-state index is -0.860. The van der Waals surface area contributed by atoms with Crippen molar-refractivity contribution in [2.75, 3.05) is 0 Å². The Morgan fingerprint density at radius 2 is 2.21 bits per heavy atom. The van der Waals surface area contributed by atoms with E-state index < -0.39 is 5.38 Å². The van der Waals surface area contributed by atoms with Crippen LogP contribution in [-0.2, 0) is 11.4 Å². The maximum Gasteiger partial charge on any atom is 0.152 e. The van der Waals surface area contributed by atoms with Gasteiger partial charge in [0.1, 0.15) is 11.1 Å². The molecular weight excluding hydrogens is 204 g/mol. The smallest absolute Gasteiger partial charge is 0.152 e. The van der Waals surface area contributed by atoms with Crippen molar-refractivity contribution in [2.24, 2.45) is 0 Å². The number of hydrogen-bond donors (Lipinski definition) is 2. The number of ketones is 1. The Morgan fingerprint density at radius 3 is 2.71 bits per heavy atom. The first-order chi connectivity index (χ1) is 6.56.